The van der Waals surface area contributed by atoms with Crippen LogP contribution >= 0.6 is 0 Å². The molecule has 0 spiro atoms. The first-order valence-electron chi connectivity index (χ1n) is 2.79. The zero-order valence-electron chi connectivity index (χ0n) is 6.77. The molecule has 0 fully saturated rings. The van der Waals surface area contributed by atoms with E-state index in [0.717, 1.165) is 0 Å². The largest absolute Gasteiger partial charge is 1.00 e. The van der Waals surface area contributed by atoms with Gasteiger partial charge in [-0.2, -0.15) is 0 Å². The maximum atomic E-state index is 9.33. The summed E-state index contributed by atoms with van der Waals surface area (Å²) < 4.78 is 0.576. The third-order valence-corrected chi connectivity index (χ3v) is 1.64. The molecule has 0 heterocycles. The molecule has 0 unspecified atom stereocenters. The van der Waals surface area contributed by atoms with Crippen LogP contribution in [0, 0.1) is 0 Å². The third kappa shape index (κ3) is 3.73. The Hall–Kier alpha value is 0.210. The van der Waals surface area contributed by atoms with Gasteiger partial charge in [-0.25, -0.2) is 0 Å². The Morgan fingerprint density at radius 3 is 1.22 bits per heavy atom. The monoisotopic (exact) mass is 153 g/mol. The predicted molar refractivity (Wildman–Crippen MR) is 34.3 cm³/mol. The summed E-state index contributed by atoms with van der Waals surface area (Å²) in [6.07, 6.45) is 0. The van der Waals surface area contributed by atoms with Gasteiger partial charge in [0, 0.05) is 13.8 Å². The van der Waals surface area contributed by atoms with E-state index in [1.165, 1.54) is 0 Å². The third-order valence-electron chi connectivity index (χ3n) is 1.64. The minimum absolute atomic E-state index is 0. The van der Waals surface area contributed by atoms with E-state index in [1.54, 1.807) is 13.8 Å². The normalized spacial score (nSPS) is 12.7. The molecule has 0 aromatic rings. The van der Waals surface area contributed by atoms with Crippen molar-refractivity contribution >= 4 is 0 Å². The number of quaternary nitrogens is 1. The number of nitrogens with zero attached hydrogens (tertiary/aromatic N) is 1. The summed E-state index contributed by atoms with van der Waals surface area (Å²) in [4.78, 5) is 0. The fraction of sp³-hybridized carbons (Fsp3) is 1.00. The van der Waals surface area contributed by atoms with Crippen LogP contribution in [0.15, 0.2) is 0 Å². The van der Waals surface area contributed by atoms with Crippen LogP contribution in [-0.4, -0.2) is 36.5 Å². The lowest BCUT2D eigenvalue weighted by atomic mass is 10.2. The van der Waals surface area contributed by atoms with Crippen molar-refractivity contribution in [3.63, 3.8) is 0 Å². The van der Waals surface area contributed by atoms with Crippen LogP contribution in [0.2, 0.25) is 0 Å². The summed E-state index contributed by atoms with van der Waals surface area (Å²) in [6, 6.07) is 0. The zero-order chi connectivity index (χ0) is 7.00. The maximum Gasteiger partial charge on any atom is 0.194 e. The smallest absolute Gasteiger partial charge is 0.194 e. The summed E-state index contributed by atoms with van der Waals surface area (Å²) in [5.41, 5.74) is -0.625. The van der Waals surface area contributed by atoms with Gasteiger partial charge in [-0.05, 0) is 0 Å². The highest BCUT2D eigenvalue weighted by atomic mass is 35.5. The van der Waals surface area contributed by atoms with Gasteiger partial charge in [-0.15, -0.1) is 0 Å². The quantitative estimate of drug-likeness (QED) is 0.324. The Balaban J connectivity index is 0. The van der Waals surface area contributed by atoms with Gasteiger partial charge in [-0.1, -0.05) is 0 Å². The molecule has 9 heavy (non-hydrogen) atoms. The molecule has 2 nitrogen and oxygen atoms in total. The van der Waals surface area contributed by atoms with E-state index in [4.69, 9.17) is 0 Å². The number of rotatable bonds is 1. The lowest BCUT2D eigenvalue weighted by Crippen LogP contribution is -3.00. The van der Waals surface area contributed by atoms with Crippen molar-refractivity contribution in [1.29, 1.82) is 0 Å². The molecule has 1 N–H and O–H groups in total. The molecular formula is C6H16ClNO. The molecule has 0 saturated heterocycles. The fourth-order valence-electron chi connectivity index (χ4n) is 0. The van der Waals surface area contributed by atoms with Crippen LogP contribution < -0.4 is 12.4 Å². The molecule has 0 rings (SSSR count). The summed E-state index contributed by atoms with van der Waals surface area (Å²) in [7, 11) is 5.88. The van der Waals surface area contributed by atoms with E-state index in [1.807, 2.05) is 21.1 Å². The minimum atomic E-state index is -0.625. The molecule has 0 atom stereocenters. The number of aliphatic hydroxyl groups is 1. The second kappa shape index (κ2) is 2.86. The SMILES string of the molecule is CC(C)(O)[N+](C)(C)C.[Cl-]. The number of hydrogen-bond acceptors (Lipinski definition) is 1. The molecule has 0 aliphatic carbocycles. The van der Waals surface area contributed by atoms with Gasteiger partial charge in [0.1, 0.15) is 0 Å². The molecule has 0 bridgehead atoms. The highest BCUT2D eigenvalue weighted by Gasteiger charge is 2.28. The number of halogens is 1. The van der Waals surface area contributed by atoms with E-state index in [0.29, 0.717) is 4.48 Å². The molecule has 0 aliphatic heterocycles. The van der Waals surface area contributed by atoms with Crippen LogP contribution in [-0.2, 0) is 0 Å². The average molecular weight is 154 g/mol. The Morgan fingerprint density at radius 1 is 1.11 bits per heavy atom. The van der Waals surface area contributed by atoms with Crippen LogP contribution in [0.1, 0.15) is 13.8 Å². The Labute approximate surface area is 63.5 Å². The second-order valence-electron chi connectivity index (χ2n) is 3.51. The molecule has 0 saturated carbocycles. The Bertz CT molecular complexity index is 68.0. The Kier molecular flexibility index (Phi) is 3.80. The van der Waals surface area contributed by atoms with E-state index in [2.05, 4.69) is 0 Å². The van der Waals surface area contributed by atoms with E-state index in [-0.39, 0.29) is 12.4 Å². The van der Waals surface area contributed by atoms with Gasteiger partial charge < -0.3 is 22.0 Å². The van der Waals surface area contributed by atoms with E-state index < -0.39 is 5.72 Å². The second-order valence-corrected chi connectivity index (χ2v) is 3.51. The van der Waals surface area contributed by atoms with Crippen LogP contribution in [0.4, 0.5) is 0 Å². The van der Waals surface area contributed by atoms with E-state index >= 15 is 0 Å². The molecule has 0 aliphatic rings. The minimum Gasteiger partial charge on any atom is -1.00 e. The molecule has 3 heteroatoms. The van der Waals surface area contributed by atoms with Gasteiger partial charge in [0.2, 0.25) is 0 Å². The Morgan fingerprint density at radius 2 is 1.22 bits per heavy atom. The highest BCUT2D eigenvalue weighted by Crippen LogP contribution is 2.11. The van der Waals surface area contributed by atoms with Crippen LogP contribution in [0.5, 0.6) is 0 Å². The summed E-state index contributed by atoms with van der Waals surface area (Å²) >= 11 is 0. The van der Waals surface area contributed by atoms with Crippen LogP contribution in [0.25, 0.3) is 0 Å². The van der Waals surface area contributed by atoms with E-state index in [9.17, 15) is 5.11 Å². The van der Waals surface area contributed by atoms with Crippen molar-refractivity contribution < 1.29 is 22.0 Å². The lowest BCUT2D eigenvalue weighted by molar-refractivity contribution is -0.945. The molecule has 0 radical (unpaired) electrons. The number of hydrogen-bond donors (Lipinski definition) is 1. The predicted octanol–water partition coefficient (Wildman–Crippen LogP) is -2.57. The highest BCUT2D eigenvalue weighted by molar-refractivity contribution is 4.45. The van der Waals surface area contributed by atoms with Crippen molar-refractivity contribution in [2.24, 2.45) is 0 Å². The summed E-state index contributed by atoms with van der Waals surface area (Å²) in [5, 5.41) is 9.33. The topological polar surface area (TPSA) is 20.2 Å². The molecule has 0 aromatic carbocycles. The fourth-order valence-corrected chi connectivity index (χ4v) is 0. The van der Waals surface area contributed by atoms with Gasteiger partial charge in [0.05, 0.1) is 21.1 Å². The molecule has 58 valence electrons. The zero-order valence-corrected chi connectivity index (χ0v) is 7.53. The molecule has 0 amide bonds. The lowest BCUT2D eigenvalue weighted by Gasteiger charge is -2.36. The van der Waals surface area contributed by atoms with Crippen molar-refractivity contribution in [3.8, 4) is 0 Å². The van der Waals surface area contributed by atoms with Gasteiger partial charge >= 0.3 is 0 Å². The standard InChI is InChI=1S/C6H16NO.ClH/c1-6(2,8)7(3,4)5;/h8H,1-5H3;1H/q+1;/p-1. The van der Waals surface area contributed by atoms with Gasteiger partial charge in [0.15, 0.2) is 5.72 Å². The first-order valence-corrected chi connectivity index (χ1v) is 2.79. The van der Waals surface area contributed by atoms with Crippen molar-refractivity contribution in [2.75, 3.05) is 21.1 Å². The molecular weight excluding hydrogens is 138 g/mol. The summed E-state index contributed by atoms with van der Waals surface area (Å²) in [5.74, 6) is 0. The maximum absolute atomic E-state index is 9.33. The van der Waals surface area contributed by atoms with Crippen molar-refractivity contribution in [1.82, 2.24) is 0 Å². The van der Waals surface area contributed by atoms with Crippen molar-refractivity contribution in [2.45, 2.75) is 19.6 Å². The average Bonchev–Trinajstić information content (AvgIpc) is 1.25. The van der Waals surface area contributed by atoms with Crippen LogP contribution in [0.3, 0.4) is 0 Å². The van der Waals surface area contributed by atoms with Gasteiger partial charge in [-0.3, -0.25) is 0 Å². The first-order chi connectivity index (χ1) is 3.25. The van der Waals surface area contributed by atoms with Crippen molar-refractivity contribution in [3.05, 3.63) is 0 Å². The first kappa shape index (κ1) is 11.9. The molecule has 0 aromatic heterocycles. The van der Waals surface area contributed by atoms with Gasteiger partial charge in [0.25, 0.3) is 0 Å². The summed E-state index contributed by atoms with van der Waals surface area (Å²) in [6.45, 7) is 3.60.